The lowest BCUT2D eigenvalue weighted by Gasteiger charge is -2.25. The Morgan fingerprint density at radius 3 is 2.12 bits per heavy atom. The lowest BCUT2D eigenvalue weighted by molar-refractivity contribution is -0.145. The molecule has 17 heavy (non-hydrogen) atoms. The zero-order valence-corrected chi connectivity index (χ0v) is 11.6. The predicted molar refractivity (Wildman–Crippen MR) is 67.8 cm³/mol. The Morgan fingerprint density at radius 1 is 1.24 bits per heavy atom. The van der Waals surface area contributed by atoms with Crippen molar-refractivity contribution in [2.45, 2.75) is 59.9 Å². The molecule has 4 nitrogen and oxygen atoms in total. The quantitative estimate of drug-likeness (QED) is 0.780. The highest BCUT2D eigenvalue weighted by molar-refractivity contribution is 5.81. The van der Waals surface area contributed by atoms with Gasteiger partial charge in [-0.25, -0.2) is 0 Å². The van der Waals surface area contributed by atoms with E-state index in [1.807, 2.05) is 13.8 Å². The minimum Gasteiger partial charge on any atom is -0.480 e. The Kier molecular flexibility index (Phi) is 6.21. The SMILES string of the molecule is CC(C)N(CC(=O)O)C(=O)CCCC(C)(C)C. The number of carbonyl (C=O) groups is 2. The van der Waals surface area contributed by atoms with Gasteiger partial charge in [0.2, 0.25) is 5.91 Å². The molecule has 0 heterocycles. The number of carboxylic acids is 1. The number of amides is 1. The Morgan fingerprint density at radius 2 is 1.76 bits per heavy atom. The zero-order chi connectivity index (χ0) is 13.6. The summed E-state index contributed by atoms with van der Waals surface area (Å²) < 4.78 is 0. The van der Waals surface area contributed by atoms with Gasteiger partial charge < -0.3 is 10.0 Å². The molecule has 0 aromatic carbocycles. The highest BCUT2D eigenvalue weighted by atomic mass is 16.4. The van der Waals surface area contributed by atoms with Crippen LogP contribution in [-0.2, 0) is 9.59 Å². The molecule has 0 radical (unpaired) electrons. The molecule has 0 spiro atoms. The van der Waals surface area contributed by atoms with Crippen LogP contribution in [0.2, 0.25) is 0 Å². The van der Waals surface area contributed by atoms with Gasteiger partial charge in [-0.1, -0.05) is 20.8 Å². The normalized spacial score (nSPS) is 11.6. The van der Waals surface area contributed by atoms with Gasteiger partial charge in [0.15, 0.2) is 0 Å². The van der Waals surface area contributed by atoms with Crippen molar-refractivity contribution in [1.29, 1.82) is 0 Å². The van der Waals surface area contributed by atoms with Crippen molar-refractivity contribution >= 4 is 11.9 Å². The fourth-order valence-electron chi connectivity index (χ4n) is 1.62. The molecule has 0 aliphatic rings. The number of rotatable bonds is 6. The highest BCUT2D eigenvalue weighted by Gasteiger charge is 2.20. The first-order valence-corrected chi connectivity index (χ1v) is 6.15. The van der Waals surface area contributed by atoms with Gasteiger partial charge in [0.1, 0.15) is 6.54 Å². The van der Waals surface area contributed by atoms with Gasteiger partial charge in [0.05, 0.1) is 0 Å². The van der Waals surface area contributed by atoms with E-state index in [2.05, 4.69) is 20.8 Å². The number of hydrogen-bond acceptors (Lipinski definition) is 2. The molecule has 0 aliphatic heterocycles. The average molecular weight is 243 g/mol. The molecule has 1 amide bonds. The van der Waals surface area contributed by atoms with E-state index in [0.29, 0.717) is 6.42 Å². The van der Waals surface area contributed by atoms with E-state index in [1.165, 1.54) is 4.90 Å². The zero-order valence-electron chi connectivity index (χ0n) is 11.6. The first kappa shape index (κ1) is 15.9. The standard InChI is InChI=1S/C13H25NO3/c1-10(2)14(9-12(16)17)11(15)7-6-8-13(3,4)5/h10H,6-9H2,1-5H3,(H,16,17). The van der Waals surface area contributed by atoms with Gasteiger partial charge in [0, 0.05) is 12.5 Å². The molecule has 0 aromatic rings. The van der Waals surface area contributed by atoms with Crippen LogP contribution in [0.5, 0.6) is 0 Å². The lowest BCUT2D eigenvalue weighted by Crippen LogP contribution is -2.40. The van der Waals surface area contributed by atoms with E-state index in [4.69, 9.17) is 5.11 Å². The number of carbonyl (C=O) groups excluding carboxylic acids is 1. The van der Waals surface area contributed by atoms with E-state index < -0.39 is 5.97 Å². The summed E-state index contributed by atoms with van der Waals surface area (Å²) in [6.07, 6.45) is 2.21. The highest BCUT2D eigenvalue weighted by Crippen LogP contribution is 2.21. The van der Waals surface area contributed by atoms with Crippen LogP contribution in [-0.4, -0.2) is 34.5 Å². The van der Waals surface area contributed by atoms with Crippen LogP contribution in [0, 0.1) is 5.41 Å². The van der Waals surface area contributed by atoms with Gasteiger partial charge in [0.25, 0.3) is 0 Å². The van der Waals surface area contributed by atoms with Gasteiger partial charge in [-0.3, -0.25) is 9.59 Å². The first-order valence-electron chi connectivity index (χ1n) is 6.15. The largest absolute Gasteiger partial charge is 0.480 e. The maximum absolute atomic E-state index is 11.9. The molecule has 4 heteroatoms. The topological polar surface area (TPSA) is 57.6 Å². The summed E-state index contributed by atoms with van der Waals surface area (Å²) in [6, 6.07) is -0.0618. The molecule has 0 unspecified atom stereocenters. The molecule has 0 rings (SSSR count). The van der Waals surface area contributed by atoms with Crippen molar-refractivity contribution in [1.82, 2.24) is 4.90 Å². The summed E-state index contributed by atoms with van der Waals surface area (Å²) in [6.45, 7) is 9.88. The Balaban J connectivity index is 4.20. The second-order valence-corrected chi connectivity index (χ2v) is 5.92. The van der Waals surface area contributed by atoms with E-state index in [0.717, 1.165) is 12.8 Å². The summed E-state index contributed by atoms with van der Waals surface area (Å²) in [5.74, 6) is -1.02. The van der Waals surface area contributed by atoms with Crippen LogP contribution in [0.4, 0.5) is 0 Å². The maximum Gasteiger partial charge on any atom is 0.323 e. The maximum atomic E-state index is 11.9. The predicted octanol–water partition coefficient (Wildman–Crippen LogP) is 2.52. The van der Waals surface area contributed by atoms with Gasteiger partial charge >= 0.3 is 5.97 Å². The van der Waals surface area contributed by atoms with E-state index in [9.17, 15) is 9.59 Å². The monoisotopic (exact) mass is 243 g/mol. The van der Waals surface area contributed by atoms with Crippen LogP contribution in [0.25, 0.3) is 0 Å². The first-order chi connectivity index (χ1) is 7.63. The van der Waals surface area contributed by atoms with E-state index in [-0.39, 0.29) is 23.9 Å². The Hall–Kier alpha value is -1.06. The molecular weight excluding hydrogens is 218 g/mol. The summed E-state index contributed by atoms with van der Waals surface area (Å²) >= 11 is 0. The molecule has 100 valence electrons. The number of nitrogens with zero attached hydrogens (tertiary/aromatic N) is 1. The second-order valence-electron chi connectivity index (χ2n) is 5.92. The van der Waals surface area contributed by atoms with Gasteiger partial charge in [-0.05, 0) is 32.1 Å². The number of carboxylic acid groups (broad SMARTS) is 1. The minimum atomic E-state index is -0.956. The van der Waals surface area contributed by atoms with Crippen LogP contribution >= 0.6 is 0 Å². The van der Waals surface area contributed by atoms with Crippen molar-refractivity contribution in [2.75, 3.05) is 6.54 Å². The molecular formula is C13H25NO3. The van der Waals surface area contributed by atoms with Crippen LogP contribution in [0.3, 0.4) is 0 Å². The lowest BCUT2D eigenvalue weighted by atomic mass is 9.90. The second kappa shape index (κ2) is 6.62. The summed E-state index contributed by atoms with van der Waals surface area (Å²) in [5.41, 5.74) is 0.218. The average Bonchev–Trinajstić information content (AvgIpc) is 2.11. The fraction of sp³-hybridized carbons (Fsp3) is 0.846. The van der Waals surface area contributed by atoms with Crippen molar-refractivity contribution in [3.05, 3.63) is 0 Å². The molecule has 0 saturated carbocycles. The Bertz CT molecular complexity index is 266. The van der Waals surface area contributed by atoms with E-state index in [1.54, 1.807) is 0 Å². The third-order valence-electron chi connectivity index (χ3n) is 2.57. The van der Waals surface area contributed by atoms with Crippen molar-refractivity contribution < 1.29 is 14.7 Å². The summed E-state index contributed by atoms with van der Waals surface area (Å²) in [4.78, 5) is 23.9. The summed E-state index contributed by atoms with van der Waals surface area (Å²) in [7, 11) is 0. The van der Waals surface area contributed by atoms with Crippen LogP contribution in [0.1, 0.15) is 53.9 Å². The van der Waals surface area contributed by atoms with Crippen molar-refractivity contribution in [3.8, 4) is 0 Å². The smallest absolute Gasteiger partial charge is 0.323 e. The minimum absolute atomic E-state index is 0.0618. The Labute approximate surface area is 104 Å². The molecule has 0 aliphatic carbocycles. The molecule has 0 aromatic heterocycles. The number of hydrogen-bond donors (Lipinski definition) is 1. The molecule has 0 bridgehead atoms. The molecule has 0 fully saturated rings. The van der Waals surface area contributed by atoms with E-state index >= 15 is 0 Å². The molecule has 1 N–H and O–H groups in total. The van der Waals surface area contributed by atoms with Gasteiger partial charge in [-0.2, -0.15) is 0 Å². The fourth-order valence-corrected chi connectivity index (χ4v) is 1.62. The van der Waals surface area contributed by atoms with Crippen LogP contribution < -0.4 is 0 Å². The van der Waals surface area contributed by atoms with Crippen LogP contribution in [0.15, 0.2) is 0 Å². The van der Waals surface area contributed by atoms with Crippen molar-refractivity contribution in [3.63, 3.8) is 0 Å². The van der Waals surface area contributed by atoms with Crippen molar-refractivity contribution in [2.24, 2.45) is 5.41 Å². The third-order valence-corrected chi connectivity index (χ3v) is 2.57. The van der Waals surface area contributed by atoms with Gasteiger partial charge in [-0.15, -0.1) is 0 Å². The molecule has 0 atom stereocenters. The summed E-state index contributed by atoms with van der Waals surface area (Å²) in [5, 5.41) is 8.74. The number of aliphatic carboxylic acids is 1. The molecule has 0 saturated heterocycles. The third kappa shape index (κ3) is 7.77.